The van der Waals surface area contributed by atoms with Crippen LogP contribution in [0.3, 0.4) is 0 Å². The van der Waals surface area contributed by atoms with Gasteiger partial charge in [-0.1, -0.05) is 0 Å². The molecular formula is C17H36N2O9P2. The molecule has 0 fully saturated rings. The number of ether oxygens (including phenoxy) is 1. The van der Waals surface area contributed by atoms with Crippen LogP contribution in [-0.2, 0) is 41.6 Å². The fraction of sp³-hybridized carbons (Fsp3) is 0.882. The van der Waals surface area contributed by atoms with Gasteiger partial charge in [0.15, 0.2) is 5.40 Å². The van der Waals surface area contributed by atoms with E-state index >= 15 is 0 Å². The topological polar surface area (TPSA) is 152 Å². The number of hydrogen-bond donors (Lipinski definition) is 2. The summed E-state index contributed by atoms with van der Waals surface area (Å²) in [6, 6.07) is -0.942. The van der Waals surface area contributed by atoms with E-state index in [2.05, 4.69) is 5.32 Å². The number of carbonyl (C=O) groups excluding carboxylic acids is 2. The van der Waals surface area contributed by atoms with Crippen molar-refractivity contribution in [3.63, 3.8) is 0 Å². The highest BCUT2D eigenvalue weighted by Crippen LogP contribution is 2.70. The average molecular weight is 474 g/mol. The third-order valence-electron chi connectivity index (χ3n) is 3.72. The Morgan fingerprint density at radius 3 is 1.63 bits per heavy atom. The van der Waals surface area contributed by atoms with Gasteiger partial charge in [0.25, 0.3) is 0 Å². The molecule has 0 aromatic heterocycles. The molecule has 1 amide bonds. The SMILES string of the molecule is CCOC(=O)C(N)CCC(=O)NCC(P(=O)(OCC)OCC)P(=O)(OCC)OCC. The Morgan fingerprint density at radius 2 is 1.27 bits per heavy atom. The number of hydrogen-bond acceptors (Lipinski definition) is 10. The molecule has 178 valence electrons. The summed E-state index contributed by atoms with van der Waals surface area (Å²) in [4.78, 5) is 23.8. The van der Waals surface area contributed by atoms with Crippen LogP contribution in [-0.4, -0.2) is 62.9 Å². The lowest BCUT2D eigenvalue weighted by Crippen LogP contribution is -2.37. The third-order valence-corrected chi connectivity index (χ3v) is 9.71. The predicted octanol–water partition coefficient (Wildman–Crippen LogP) is 2.63. The second kappa shape index (κ2) is 15.1. The van der Waals surface area contributed by atoms with Gasteiger partial charge in [0, 0.05) is 13.0 Å². The molecule has 30 heavy (non-hydrogen) atoms. The molecule has 0 radical (unpaired) electrons. The van der Waals surface area contributed by atoms with E-state index in [-0.39, 0.29) is 52.4 Å². The number of rotatable bonds is 17. The van der Waals surface area contributed by atoms with Crippen molar-refractivity contribution < 1.29 is 41.6 Å². The standard InChI is InChI=1S/C17H36N2O9P2/c1-6-24-17(21)14(18)11-12-15(20)19-13-16(29(22,25-7-2)26-8-3)30(23,27-9-4)28-10-5/h14,16H,6-13,18H2,1-5H3,(H,19,20). The van der Waals surface area contributed by atoms with E-state index in [1.165, 1.54) is 0 Å². The highest BCUT2D eigenvalue weighted by atomic mass is 31.2. The van der Waals surface area contributed by atoms with Gasteiger partial charge in [-0.2, -0.15) is 0 Å². The Kier molecular flexibility index (Phi) is 14.7. The van der Waals surface area contributed by atoms with Crippen LogP contribution in [0.1, 0.15) is 47.5 Å². The second-order valence-corrected chi connectivity index (χ2v) is 10.8. The lowest BCUT2D eigenvalue weighted by molar-refractivity contribution is -0.144. The van der Waals surface area contributed by atoms with Gasteiger partial charge in [-0.25, -0.2) is 0 Å². The molecule has 0 saturated heterocycles. The Morgan fingerprint density at radius 1 is 0.833 bits per heavy atom. The Hall–Kier alpha value is -0.800. The molecule has 1 unspecified atom stereocenters. The first kappa shape index (κ1) is 29.2. The quantitative estimate of drug-likeness (QED) is 0.238. The van der Waals surface area contributed by atoms with Crippen LogP contribution in [0.2, 0.25) is 0 Å². The first-order valence-electron chi connectivity index (χ1n) is 10.1. The van der Waals surface area contributed by atoms with Crippen molar-refractivity contribution in [1.82, 2.24) is 5.32 Å². The van der Waals surface area contributed by atoms with Crippen LogP contribution in [0.25, 0.3) is 0 Å². The first-order valence-corrected chi connectivity index (χ1v) is 13.3. The van der Waals surface area contributed by atoms with Crippen LogP contribution in [0.15, 0.2) is 0 Å². The summed E-state index contributed by atoms with van der Waals surface area (Å²) < 4.78 is 52.8. The smallest absolute Gasteiger partial charge is 0.347 e. The van der Waals surface area contributed by atoms with Crippen LogP contribution in [0.4, 0.5) is 0 Å². The molecule has 11 nitrogen and oxygen atoms in total. The highest BCUT2D eigenvalue weighted by molar-refractivity contribution is 7.72. The molecule has 3 N–H and O–H groups in total. The lowest BCUT2D eigenvalue weighted by atomic mass is 10.1. The zero-order valence-electron chi connectivity index (χ0n) is 18.5. The van der Waals surface area contributed by atoms with Crippen molar-refractivity contribution >= 4 is 27.1 Å². The van der Waals surface area contributed by atoms with E-state index in [0.29, 0.717) is 0 Å². The summed E-state index contributed by atoms with van der Waals surface area (Å²) in [5, 5.41) is 1.19. The number of carbonyl (C=O) groups is 2. The maximum atomic E-state index is 13.3. The van der Waals surface area contributed by atoms with Gasteiger partial charge in [-0.15, -0.1) is 0 Å². The third kappa shape index (κ3) is 9.56. The number of esters is 1. The Labute approximate surface area is 178 Å². The van der Waals surface area contributed by atoms with Gasteiger partial charge in [0.1, 0.15) is 6.04 Å². The minimum Gasteiger partial charge on any atom is -0.465 e. The lowest BCUT2D eigenvalue weighted by Gasteiger charge is -2.31. The molecule has 0 bridgehead atoms. The molecule has 13 heteroatoms. The van der Waals surface area contributed by atoms with Crippen molar-refractivity contribution in [1.29, 1.82) is 0 Å². The molecule has 0 heterocycles. The molecule has 0 spiro atoms. The molecular weight excluding hydrogens is 438 g/mol. The molecule has 0 saturated carbocycles. The van der Waals surface area contributed by atoms with Gasteiger partial charge in [0.2, 0.25) is 5.91 Å². The van der Waals surface area contributed by atoms with E-state index in [9.17, 15) is 18.7 Å². The minimum absolute atomic E-state index is 0.0361. The minimum atomic E-state index is -3.96. The maximum absolute atomic E-state index is 13.3. The zero-order valence-corrected chi connectivity index (χ0v) is 20.2. The zero-order chi connectivity index (χ0) is 23.2. The van der Waals surface area contributed by atoms with Gasteiger partial charge >= 0.3 is 21.2 Å². The number of amides is 1. The summed E-state index contributed by atoms with van der Waals surface area (Å²) in [5.41, 5.74) is 5.68. The largest absolute Gasteiger partial charge is 0.465 e. The molecule has 0 aromatic rings. The molecule has 1 atom stereocenters. The summed E-state index contributed by atoms with van der Waals surface area (Å²) in [7, 11) is -7.91. The second-order valence-electron chi connectivity index (χ2n) is 5.93. The predicted molar refractivity (Wildman–Crippen MR) is 112 cm³/mol. The van der Waals surface area contributed by atoms with Crippen molar-refractivity contribution in [2.45, 2.75) is 58.9 Å². The van der Waals surface area contributed by atoms with Crippen LogP contribution in [0, 0.1) is 0 Å². The molecule has 0 aromatic carbocycles. The van der Waals surface area contributed by atoms with Gasteiger partial charge < -0.3 is 33.9 Å². The van der Waals surface area contributed by atoms with E-state index in [1.807, 2.05) is 0 Å². The van der Waals surface area contributed by atoms with Gasteiger partial charge in [0.05, 0.1) is 33.0 Å². The van der Waals surface area contributed by atoms with E-state index in [0.717, 1.165) is 0 Å². The molecule has 0 aliphatic rings. The fourth-order valence-electron chi connectivity index (χ4n) is 2.48. The number of nitrogens with one attached hydrogen (secondary N) is 1. The molecule has 0 aliphatic carbocycles. The highest BCUT2D eigenvalue weighted by Gasteiger charge is 2.50. The van der Waals surface area contributed by atoms with Crippen molar-refractivity contribution in [3.8, 4) is 0 Å². The Bertz CT molecular complexity index is 568. The molecule has 0 rings (SSSR count). The van der Waals surface area contributed by atoms with Crippen molar-refractivity contribution in [2.75, 3.05) is 39.6 Å². The van der Waals surface area contributed by atoms with Crippen molar-refractivity contribution in [2.24, 2.45) is 5.73 Å². The average Bonchev–Trinajstić information content (AvgIpc) is 2.67. The molecule has 0 aliphatic heterocycles. The van der Waals surface area contributed by atoms with Crippen LogP contribution >= 0.6 is 15.2 Å². The van der Waals surface area contributed by atoms with Gasteiger partial charge in [-0.3, -0.25) is 18.7 Å². The Balaban J connectivity index is 5.39. The normalized spacial score (nSPS) is 13.3. The van der Waals surface area contributed by atoms with Crippen LogP contribution < -0.4 is 11.1 Å². The van der Waals surface area contributed by atoms with Crippen molar-refractivity contribution in [3.05, 3.63) is 0 Å². The monoisotopic (exact) mass is 474 g/mol. The number of nitrogens with two attached hydrogens (primary N) is 1. The summed E-state index contributed by atoms with van der Waals surface area (Å²) >= 11 is 0. The van der Waals surface area contributed by atoms with Crippen LogP contribution in [0.5, 0.6) is 0 Å². The summed E-state index contributed by atoms with van der Waals surface area (Å²) in [6.45, 7) is 8.12. The maximum Gasteiger partial charge on any atom is 0.347 e. The van der Waals surface area contributed by atoms with Gasteiger partial charge in [-0.05, 0) is 41.0 Å². The van der Waals surface area contributed by atoms with E-state index < -0.39 is 38.5 Å². The summed E-state index contributed by atoms with van der Waals surface area (Å²) in [6.07, 6.45) is -0.0354. The van der Waals surface area contributed by atoms with E-state index in [1.54, 1.807) is 34.6 Å². The first-order chi connectivity index (χ1) is 14.1. The van der Waals surface area contributed by atoms with E-state index in [4.69, 9.17) is 28.6 Å². The summed E-state index contributed by atoms with van der Waals surface area (Å²) in [5.74, 6) is -1.09. The fourth-order valence-corrected chi connectivity index (χ4v) is 7.57.